The van der Waals surface area contributed by atoms with Crippen molar-refractivity contribution in [1.29, 1.82) is 0 Å². The van der Waals surface area contributed by atoms with Gasteiger partial charge in [-0.3, -0.25) is 14.5 Å². The SMILES string of the molecule is CCOc1cc(C2C(C(=O)c3cc4cc(Cl)ccc4o3)=C(O)C(=O)N2c2ccc(C)c(C)c2)ccc1OC. The number of ether oxygens (including phenoxy) is 2. The average molecular weight is 532 g/mol. The quantitative estimate of drug-likeness (QED) is 0.261. The van der Waals surface area contributed by atoms with Crippen molar-refractivity contribution in [2.24, 2.45) is 0 Å². The number of aliphatic hydroxyl groups is 1. The Labute approximate surface area is 224 Å². The van der Waals surface area contributed by atoms with Gasteiger partial charge in [-0.2, -0.15) is 0 Å². The number of Topliss-reactive ketones (excluding diaryl/α,β-unsaturated/α-hetero) is 1. The Morgan fingerprint density at radius 2 is 1.82 bits per heavy atom. The Kier molecular flexibility index (Phi) is 6.63. The second-order valence-electron chi connectivity index (χ2n) is 9.07. The van der Waals surface area contributed by atoms with Crippen molar-refractivity contribution in [2.75, 3.05) is 18.6 Å². The predicted octanol–water partition coefficient (Wildman–Crippen LogP) is 6.89. The minimum Gasteiger partial charge on any atom is -0.503 e. The summed E-state index contributed by atoms with van der Waals surface area (Å²) in [5, 5.41) is 12.2. The van der Waals surface area contributed by atoms with Crippen molar-refractivity contribution in [1.82, 2.24) is 0 Å². The number of aliphatic hydroxyl groups excluding tert-OH is 1. The predicted molar refractivity (Wildman–Crippen MR) is 146 cm³/mol. The molecule has 0 radical (unpaired) electrons. The summed E-state index contributed by atoms with van der Waals surface area (Å²) >= 11 is 6.11. The molecule has 1 aliphatic rings. The molecule has 8 heteroatoms. The third-order valence-electron chi connectivity index (χ3n) is 6.73. The number of anilines is 1. The summed E-state index contributed by atoms with van der Waals surface area (Å²) in [6, 6.07) is 16.4. The maximum atomic E-state index is 13.9. The first-order valence-corrected chi connectivity index (χ1v) is 12.5. The van der Waals surface area contributed by atoms with Crippen molar-refractivity contribution in [2.45, 2.75) is 26.8 Å². The van der Waals surface area contributed by atoms with Crippen LogP contribution in [0.25, 0.3) is 11.0 Å². The summed E-state index contributed by atoms with van der Waals surface area (Å²) in [4.78, 5) is 28.9. The van der Waals surface area contributed by atoms with E-state index in [1.165, 1.54) is 12.0 Å². The molecule has 5 rings (SSSR count). The molecule has 1 atom stereocenters. The lowest BCUT2D eigenvalue weighted by Crippen LogP contribution is -2.31. The van der Waals surface area contributed by atoms with E-state index in [0.29, 0.717) is 45.3 Å². The number of halogens is 1. The van der Waals surface area contributed by atoms with Crippen LogP contribution in [-0.2, 0) is 4.79 Å². The fraction of sp³-hybridized carbons (Fsp3) is 0.200. The first kappa shape index (κ1) is 25.4. The summed E-state index contributed by atoms with van der Waals surface area (Å²) in [7, 11) is 1.53. The molecule has 0 saturated carbocycles. The lowest BCUT2D eigenvalue weighted by molar-refractivity contribution is -0.117. The van der Waals surface area contributed by atoms with Crippen LogP contribution < -0.4 is 14.4 Å². The summed E-state index contributed by atoms with van der Waals surface area (Å²) in [6.45, 7) is 6.15. The standard InChI is InChI=1S/C30H26ClNO6/c1-5-37-24-14-18(7-10-23(24)36-4)27-26(28(33)25-15-19-13-20(31)8-11-22(19)38-25)29(34)30(35)32(27)21-9-6-16(2)17(3)12-21/h6-15,27,34H,5H2,1-4H3. The number of hydrogen-bond acceptors (Lipinski definition) is 6. The molecule has 0 spiro atoms. The number of carbonyl (C=O) groups excluding carboxylic acids is 2. The minimum absolute atomic E-state index is 0.0119. The fourth-order valence-corrected chi connectivity index (χ4v) is 4.87. The summed E-state index contributed by atoms with van der Waals surface area (Å²) in [6.07, 6.45) is 0. The number of carbonyl (C=O) groups is 2. The molecule has 1 N–H and O–H groups in total. The number of benzene rings is 3. The Hall–Kier alpha value is -4.23. The second kappa shape index (κ2) is 9.91. The highest BCUT2D eigenvalue weighted by Crippen LogP contribution is 2.44. The van der Waals surface area contributed by atoms with Gasteiger partial charge < -0.3 is 19.0 Å². The van der Waals surface area contributed by atoms with E-state index in [9.17, 15) is 14.7 Å². The molecule has 2 heterocycles. The first-order valence-electron chi connectivity index (χ1n) is 12.1. The van der Waals surface area contributed by atoms with Gasteiger partial charge in [0, 0.05) is 16.1 Å². The van der Waals surface area contributed by atoms with Gasteiger partial charge in [0.15, 0.2) is 23.0 Å². The Balaban J connectivity index is 1.69. The highest BCUT2D eigenvalue weighted by Gasteiger charge is 2.45. The van der Waals surface area contributed by atoms with Crippen LogP contribution >= 0.6 is 11.6 Å². The van der Waals surface area contributed by atoms with Gasteiger partial charge in [0.25, 0.3) is 5.91 Å². The third-order valence-corrected chi connectivity index (χ3v) is 6.96. The van der Waals surface area contributed by atoms with Crippen molar-refractivity contribution < 1.29 is 28.6 Å². The Morgan fingerprint density at radius 3 is 2.53 bits per heavy atom. The number of rotatable bonds is 7. The molecular formula is C30H26ClNO6. The smallest absolute Gasteiger partial charge is 0.294 e. The number of nitrogens with zero attached hydrogens (tertiary/aromatic N) is 1. The second-order valence-corrected chi connectivity index (χ2v) is 9.51. The molecule has 0 fully saturated rings. The molecule has 38 heavy (non-hydrogen) atoms. The lowest BCUT2D eigenvalue weighted by atomic mass is 9.94. The fourth-order valence-electron chi connectivity index (χ4n) is 4.68. The zero-order chi connectivity index (χ0) is 27.1. The van der Waals surface area contributed by atoms with Crippen molar-refractivity contribution >= 4 is 39.9 Å². The number of furan rings is 1. The summed E-state index contributed by atoms with van der Waals surface area (Å²) in [5.41, 5.74) is 3.50. The van der Waals surface area contributed by atoms with E-state index in [-0.39, 0.29) is 11.3 Å². The number of fused-ring (bicyclic) bond motifs is 1. The third kappa shape index (κ3) is 4.29. The van der Waals surface area contributed by atoms with Gasteiger partial charge in [0.1, 0.15) is 5.58 Å². The maximum Gasteiger partial charge on any atom is 0.294 e. The van der Waals surface area contributed by atoms with Crippen LogP contribution in [0, 0.1) is 13.8 Å². The molecule has 3 aromatic carbocycles. The molecule has 1 amide bonds. The van der Waals surface area contributed by atoms with E-state index >= 15 is 0 Å². The Bertz CT molecular complexity index is 1620. The van der Waals surface area contributed by atoms with Crippen LogP contribution in [-0.4, -0.2) is 30.5 Å². The van der Waals surface area contributed by atoms with Gasteiger partial charge in [-0.1, -0.05) is 23.7 Å². The molecule has 7 nitrogen and oxygen atoms in total. The van der Waals surface area contributed by atoms with E-state index < -0.39 is 23.5 Å². The molecule has 1 unspecified atom stereocenters. The molecule has 194 valence electrons. The van der Waals surface area contributed by atoms with Crippen LogP contribution in [0.5, 0.6) is 11.5 Å². The van der Waals surface area contributed by atoms with Crippen molar-refractivity contribution in [3.8, 4) is 11.5 Å². The van der Waals surface area contributed by atoms with E-state index in [4.69, 9.17) is 25.5 Å². The van der Waals surface area contributed by atoms with Crippen LogP contribution in [0.2, 0.25) is 5.02 Å². The topological polar surface area (TPSA) is 89.2 Å². The van der Waals surface area contributed by atoms with Crippen molar-refractivity contribution in [3.05, 3.63) is 99.5 Å². The van der Waals surface area contributed by atoms with Gasteiger partial charge >= 0.3 is 0 Å². The van der Waals surface area contributed by atoms with Gasteiger partial charge in [-0.25, -0.2) is 0 Å². The number of aryl methyl sites for hydroxylation is 2. The summed E-state index contributed by atoms with van der Waals surface area (Å²) in [5.74, 6) is -0.972. The number of ketones is 1. The molecule has 0 bridgehead atoms. The molecule has 1 aliphatic heterocycles. The molecule has 4 aromatic rings. The summed E-state index contributed by atoms with van der Waals surface area (Å²) < 4.78 is 17.0. The van der Waals surface area contributed by atoms with E-state index in [0.717, 1.165) is 11.1 Å². The monoisotopic (exact) mass is 531 g/mol. The average Bonchev–Trinajstić information content (AvgIpc) is 3.44. The largest absolute Gasteiger partial charge is 0.503 e. The van der Waals surface area contributed by atoms with Gasteiger partial charge in [0.2, 0.25) is 5.78 Å². The van der Waals surface area contributed by atoms with Crippen LogP contribution in [0.1, 0.15) is 40.2 Å². The number of methoxy groups -OCH3 is 1. The zero-order valence-electron chi connectivity index (χ0n) is 21.4. The van der Waals surface area contributed by atoms with Gasteiger partial charge in [0.05, 0.1) is 25.3 Å². The molecular weight excluding hydrogens is 506 g/mol. The molecule has 0 saturated heterocycles. The zero-order valence-corrected chi connectivity index (χ0v) is 22.1. The number of amides is 1. The lowest BCUT2D eigenvalue weighted by Gasteiger charge is -2.28. The van der Waals surface area contributed by atoms with Crippen LogP contribution in [0.3, 0.4) is 0 Å². The first-order chi connectivity index (χ1) is 18.2. The highest BCUT2D eigenvalue weighted by molar-refractivity contribution is 6.31. The van der Waals surface area contributed by atoms with E-state index in [1.807, 2.05) is 32.9 Å². The van der Waals surface area contributed by atoms with Gasteiger partial charge in [-0.15, -0.1) is 0 Å². The van der Waals surface area contributed by atoms with Crippen LogP contribution in [0.15, 0.2) is 76.4 Å². The maximum absolute atomic E-state index is 13.9. The molecule has 1 aromatic heterocycles. The van der Waals surface area contributed by atoms with Crippen LogP contribution in [0.4, 0.5) is 5.69 Å². The normalized spacial score (nSPS) is 15.4. The van der Waals surface area contributed by atoms with Gasteiger partial charge in [-0.05, 0) is 86.0 Å². The molecule has 0 aliphatic carbocycles. The minimum atomic E-state index is -0.945. The number of hydrogen-bond donors (Lipinski definition) is 1. The van der Waals surface area contributed by atoms with Crippen molar-refractivity contribution in [3.63, 3.8) is 0 Å². The Morgan fingerprint density at radius 1 is 1.03 bits per heavy atom. The highest BCUT2D eigenvalue weighted by atomic mass is 35.5. The van der Waals surface area contributed by atoms with E-state index in [1.54, 1.807) is 48.5 Å². The van der Waals surface area contributed by atoms with E-state index in [2.05, 4.69) is 0 Å².